The highest BCUT2D eigenvalue weighted by atomic mass is 16.5. The van der Waals surface area contributed by atoms with Gasteiger partial charge in [0.25, 0.3) is 0 Å². The van der Waals surface area contributed by atoms with Crippen LogP contribution in [-0.2, 0) is 9.59 Å². The molecule has 2 aromatic rings. The fourth-order valence-corrected chi connectivity index (χ4v) is 1.85. The summed E-state index contributed by atoms with van der Waals surface area (Å²) in [5.41, 5.74) is 0. The minimum Gasteiger partial charge on any atom is -0.494 e. The van der Waals surface area contributed by atoms with Gasteiger partial charge in [-0.25, -0.2) is 4.98 Å². The lowest BCUT2D eigenvalue weighted by Gasteiger charge is -2.08. The van der Waals surface area contributed by atoms with E-state index in [1.807, 2.05) is 19.1 Å². The van der Waals surface area contributed by atoms with Gasteiger partial charge in [-0.15, -0.1) is 0 Å². The summed E-state index contributed by atoms with van der Waals surface area (Å²) in [7, 11) is 0. The van der Waals surface area contributed by atoms with Gasteiger partial charge in [0.2, 0.25) is 5.91 Å². The van der Waals surface area contributed by atoms with Crippen LogP contribution in [0.4, 0.5) is 5.82 Å². The molecular weight excluding hydrogens is 312 g/mol. The predicted octanol–water partition coefficient (Wildman–Crippen LogP) is 3.08. The summed E-state index contributed by atoms with van der Waals surface area (Å²) in [6, 6.07) is 10.4. The number of ether oxygens (including phenoxy) is 2. The number of rotatable bonds is 8. The Balaban J connectivity index is 1.89. The average Bonchev–Trinajstić information content (AvgIpc) is 2.57. The first-order valence-electron chi connectivity index (χ1n) is 7.45. The first-order valence-corrected chi connectivity index (χ1v) is 7.45. The first-order chi connectivity index (χ1) is 11.6. The van der Waals surface area contributed by atoms with Crippen molar-refractivity contribution in [3.8, 4) is 17.2 Å². The molecule has 7 nitrogen and oxygen atoms in total. The summed E-state index contributed by atoms with van der Waals surface area (Å²) in [5.74, 6) is 0.843. The van der Waals surface area contributed by atoms with Crippen LogP contribution < -0.4 is 14.8 Å². The number of amides is 1. The molecule has 0 unspecified atom stereocenters. The van der Waals surface area contributed by atoms with Crippen LogP contribution in [0, 0.1) is 0 Å². The standard InChI is InChI=1S/C17H18N2O5/c1-2-23-12-3-5-13(6-4-12)24-14-7-8-15(18-11-14)19-16(20)9-10-17(21)22/h3-8,11H,2,9-10H2,1H3,(H,21,22)(H,18,19,20). The second-order valence-electron chi connectivity index (χ2n) is 4.83. The number of carboxylic acid groups (broad SMARTS) is 1. The van der Waals surface area contributed by atoms with Crippen molar-refractivity contribution in [1.29, 1.82) is 0 Å². The number of nitrogens with one attached hydrogen (secondary N) is 1. The first kappa shape index (κ1) is 17.3. The minimum atomic E-state index is -1.02. The molecule has 0 saturated heterocycles. The molecule has 0 fully saturated rings. The van der Waals surface area contributed by atoms with Gasteiger partial charge in [-0.1, -0.05) is 0 Å². The maximum atomic E-state index is 11.5. The van der Waals surface area contributed by atoms with Crippen molar-refractivity contribution in [2.45, 2.75) is 19.8 Å². The van der Waals surface area contributed by atoms with E-state index >= 15 is 0 Å². The van der Waals surface area contributed by atoms with Crippen LogP contribution in [0.5, 0.6) is 17.2 Å². The topological polar surface area (TPSA) is 97.8 Å². The van der Waals surface area contributed by atoms with Crippen LogP contribution in [0.3, 0.4) is 0 Å². The molecule has 0 radical (unpaired) electrons. The zero-order valence-corrected chi connectivity index (χ0v) is 13.2. The van der Waals surface area contributed by atoms with E-state index in [9.17, 15) is 9.59 Å². The molecule has 1 aromatic carbocycles. The van der Waals surface area contributed by atoms with Crippen molar-refractivity contribution < 1.29 is 24.2 Å². The van der Waals surface area contributed by atoms with Crippen LogP contribution in [0.15, 0.2) is 42.6 Å². The van der Waals surface area contributed by atoms with Crippen molar-refractivity contribution in [2.75, 3.05) is 11.9 Å². The fraction of sp³-hybridized carbons (Fsp3) is 0.235. The molecule has 1 aromatic heterocycles. The quantitative estimate of drug-likeness (QED) is 0.772. The number of hydrogen-bond donors (Lipinski definition) is 2. The van der Waals surface area contributed by atoms with Gasteiger partial charge >= 0.3 is 5.97 Å². The van der Waals surface area contributed by atoms with E-state index in [4.69, 9.17) is 14.6 Å². The number of aliphatic carboxylic acids is 1. The largest absolute Gasteiger partial charge is 0.494 e. The molecule has 7 heteroatoms. The Hall–Kier alpha value is -3.09. The van der Waals surface area contributed by atoms with Gasteiger partial charge in [-0.3, -0.25) is 9.59 Å². The molecular formula is C17H18N2O5. The van der Waals surface area contributed by atoms with Crippen molar-refractivity contribution in [3.05, 3.63) is 42.6 Å². The third-order valence-electron chi connectivity index (χ3n) is 2.94. The van der Waals surface area contributed by atoms with E-state index < -0.39 is 11.9 Å². The van der Waals surface area contributed by atoms with E-state index in [0.29, 0.717) is 23.9 Å². The van der Waals surface area contributed by atoms with Gasteiger partial charge < -0.3 is 19.9 Å². The van der Waals surface area contributed by atoms with Gasteiger partial charge in [0, 0.05) is 6.42 Å². The average molecular weight is 330 g/mol. The van der Waals surface area contributed by atoms with Gasteiger partial charge in [-0.05, 0) is 43.3 Å². The molecule has 1 heterocycles. The maximum Gasteiger partial charge on any atom is 0.303 e. The molecule has 2 rings (SSSR count). The van der Waals surface area contributed by atoms with E-state index in [2.05, 4.69) is 10.3 Å². The number of carbonyl (C=O) groups is 2. The second-order valence-corrected chi connectivity index (χ2v) is 4.83. The summed E-state index contributed by atoms with van der Waals surface area (Å²) in [4.78, 5) is 26.0. The second kappa shape index (κ2) is 8.52. The zero-order chi connectivity index (χ0) is 17.4. The lowest BCUT2D eigenvalue weighted by Crippen LogP contribution is -2.13. The highest BCUT2D eigenvalue weighted by Crippen LogP contribution is 2.24. The summed E-state index contributed by atoms with van der Waals surface area (Å²) in [6.07, 6.45) is 1.16. The Kier molecular flexibility index (Phi) is 6.13. The Morgan fingerprint density at radius 1 is 1.04 bits per heavy atom. The molecule has 0 saturated carbocycles. The molecule has 2 N–H and O–H groups in total. The van der Waals surface area contributed by atoms with Gasteiger partial charge in [-0.2, -0.15) is 0 Å². The molecule has 0 aliphatic rings. The fourth-order valence-electron chi connectivity index (χ4n) is 1.85. The van der Waals surface area contributed by atoms with E-state index in [-0.39, 0.29) is 12.8 Å². The Morgan fingerprint density at radius 3 is 2.29 bits per heavy atom. The number of carboxylic acids is 1. The Labute approximate surface area is 139 Å². The Bertz CT molecular complexity index is 683. The summed E-state index contributed by atoms with van der Waals surface area (Å²) in [6.45, 7) is 2.52. The third-order valence-corrected chi connectivity index (χ3v) is 2.94. The predicted molar refractivity (Wildman–Crippen MR) is 87.4 cm³/mol. The summed E-state index contributed by atoms with van der Waals surface area (Å²) in [5, 5.41) is 11.1. The lowest BCUT2D eigenvalue weighted by atomic mass is 10.3. The van der Waals surface area contributed by atoms with Crippen molar-refractivity contribution in [3.63, 3.8) is 0 Å². The molecule has 0 bridgehead atoms. The molecule has 0 aliphatic carbocycles. The molecule has 126 valence electrons. The smallest absolute Gasteiger partial charge is 0.303 e. The van der Waals surface area contributed by atoms with Gasteiger partial charge in [0.1, 0.15) is 23.1 Å². The van der Waals surface area contributed by atoms with Crippen molar-refractivity contribution >= 4 is 17.7 Å². The van der Waals surface area contributed by atoms with Crippen LogP contribution in [-0.4, -0.2) is 28.6 Å². The van der Waals surface area contributed by atoms with Gasteiger partial charge in [0.15, 0.2) is 0 Å². The molecule has 1 amide bonds. The Morgan fingerprint density at radius 2 is 1.71 bits per heavy atom. The lowest BCUT2D eigenvalue weighted by molar-refractivity contribution is -0.138. The summed E-state index contributed by atoms with van der Waals surface area (Å²) < 4.78 is 11.0. The number of aromatic nitrogens is 1. The maximum absolute atomic E-state index is 11.5. The zero-order valence-electron chi connectivity index (χ0n) is 13.2. The number of anilines is 1. The minimum absolute atomic E-state index is 0.0958. The van der Waals surface area contributed by atoms with Crippen molar-refractivity contribution in [1.82, 2.24) is 4.98 Å². The van der Waals surface area contributed by atoms with E-state index in [1.165, 1.54) is 6.20 Å². The van der Waals surface area contributed by atoms with Crippen LogP contribution in [0.2, 0.25) is 0 Å². The number of pyridine rings is 1. The number of benzene rings is 1. The number of carbonyl (C=O) groups excluding carboxylic acids is 1. The normalized spacial score (nSPS) is 10.0. The number of nitrogens with zero attached hydrogens (tertiary/aromatic N) is 1. The van der Waals surface area contributed by atoms with Crippen LogP contribution >= 0.6 is 0 Å². The molecule has 0 aliphatic heterocycles. The SMILES string of the molecule is CCOc1ccc(Oc2ccc(NC(=O)CCC(=O)O)nc2)cc1. The molecule has 0 spiro atoms. The van der Waals surface area contributed by atoms with Crippen LogP contribution in [0.1, 0.15) is 19.8 Å². The highest BCUT2D eigenvalue weighted by molar-refractivity contribution is 5.91. The monoisotopic (exact) mass is 330 g/mol. The van der Waals surface area contributed by atoms with Crippen molar-refractivity contribution in [2.24, 2.45) is 0 Å². The molecule has 24 heavy (non-hydrogen) atoms. The summed E-state index contributed by atoms with van der Waals surface area (Å²) >= 11 is 0. The van der Waals surface area contributed by atoms with Gasteiger partial charge in [0.05, 0.1) is 19.2 Å². The highest BCUT2D eigenvalue weighted by Gasteiger charge is 2.07. The number of hydrogen-bond acceptors (Lipinski definition) is 5. The molecule has 0 atom stereocenters. The van der Waals surface area contributed by atoms with Crippen LogP contribution in [0.25, 0.3) is 0 Å². The third kappa shape index (κ3) is 5.60. The van der Waals surface area contributed by atoms with E-state index in [0.717, 1.165) is 5.75 Å². The van der Waals surface area contributed by atoms with E-state index in [1.54, 1.807) is 24.3 Å².